The zero-order valence-corrected chi connectivity index (χ0v) is 12.2. The van der Waals surface area contributed by atoms with Crippen molar-refractivity contribution in [1.29, 1.82) is 0 Å². The van der Waals surface area contributed by atoms with E-state index in [2.05, 4.69) is 4.72 Å². The van der Waals surface area contributed by atoms with E-state index in [0.717, 1.165) is 17.0 Å². The summed E-state index contributed by atoms with van der Waals surface area (Å²) in [6, 6.07) is 8.34. The maximum atomic E-state index is 12.7. The summed E-state index contributed by atoms with van der Waals surface area (Å²) in [5, 5.41) is 0. The van der Waals surface area contributed by atoms with Crippen LogP contribution >= 0.6 is 22.9 Å². The van der Waals surface area contributed by atoms with Crippen LogP contribution in [0.15, 0.2) is 41.3 Å². The highest BCUT2D eigenvalue weighted by Crippen LogP contribution is 2.21. The molecular weight excluding hydrogens is 309 g/mol. The molecule has 0 aliphatic rings. The van der Waals surface area contributed by atoms with E-state index in [9.17, 15) is 12.8 Å². The summed E-state index contributed by atoms with van der Waals surface area (Å²) < 4.78 is 39.6. The average Bonchev–Trinajstić information content (AvgIpc) is 2.75. The third-order valence-electron chi connectivity index (χ3n) is 2.42. The van der Waals surface area contributed by atoms with Crippen LogP contribution in [-0.2, 0) is 16.4 Å². The molecule has 1 heterocycles. The summed E-state index contributed by atoms with van der Waals surface area (Å²) >= 11 is 7.20. The molecule has 7 heteroatoms. The Morgan fingerprint density at radius 2 is 1.84 bits per heavy atom. The summed E-state index contributed by atoms with van der Waals surface area (Å²) in [5.41, 5.74) is 0. The Balaban J connectivity index is 1.96. The molecule has 0 radical (unpaired) electrons. The molecule has 0 amide bonds. The summed E-state index contributed by atoms with van der Waals surface area (Å²) in [6.07, 6.45) is 0.567. The smallest absolute Gasteiger partial charge is 0.211 e. The van der Waals surface area contributed by atoms with Crippen LogP contribution in [0.5, 0.6) is 0 Å². The minimum Gasteiger partial charge on any atom is -0.211 e. The zero-order chi connectivity index (χ0) is 13.9. The molecule has 0 aliphatic heterocycles. The molecule has 1 N–H and O–H groups in total. The molecule has 2 rings (SSSR count). The summed E-state index contributed by atoms with van der Waals surface area (Å²) in [7, 11) is -3.59. The molecule has 0 saturated heterocycles. The fourth-order valence-corrected chi connectivity index (χ4v) is 3.61. The monoisotopic (exact) mass is 319 g/mol. The van der Waals surface area contributed by atoms with Crippen molar-refractivity contribution < 1.29 is 12.8 Å². The third kappa shape index (κ3) is 4.01. The van der Waals surface area contributed by atoms with Crippen molar-refractivity contribution in [2.24, 2.45) is 0 Å². The largest absolute Gasteiger partial charge is 0.240 e. The van der Waals surface area contributed by atoms with Crippen LogP contribution in [0.25, 0.3) is 0 Å². The van der Waals surface area contributed by atoms with Gasteiger partial charge in [-0.3, -0.25) is 0 Å². The molecule has 0 aliphatic carbocycles. The highest BCUT2D eigenvalue weighted by Gasteiger charge is 2.13. The van der Waals surface area contributed by atoms with E-state index in [4.69, 9.17) is 11.6 Å². The first kappa shape index (κ1) is 14.5. The Morgan fingerprint density at radius 1 is 1.16 bits per heavy atom. The fourth-order valence-electron chi connectivity index (χ4n) is 1.49. The molecular formula is C12H11ClFNO2S2. The van der Waals surface area contributed by atoms with Gasteiger partial charge in [-0.15, -0.1) is 11.3 Å². The average molecular weight is 320 g/mol. The number of hydrogen-bond donors (Lipinski definition) is 1. The minimum atomic E-state index is -3.59. The van der Waals surface area contributed by atoms with Crippen molar-refractivity contribution in [1.82, 2.24) is 4.72 Å². The third-order valence-corrected chi connectivity index (χ3v) is 5.18. The van der Waals surface area contributed by atoms with Crippen LogP contribution in [0, 0.1) is 5.82 Å². The zero-order valence-electron chi connectivity index (χ0n) is 9.77. The van der Waals surface area contributed by atoms with Gasteiger partial charge >= 0.3 is 0 Å². The van der Waals surface area contributed by atoms with Gasteiger partial charge in [0.15, 0.2) is 0 Å². The van der Waals surface area contributed by atoms with Crippen LogP contribution in [-0.4, -0.2) is 15.0 Å². The van der Waals surface area contributed by atoms with Crippen molar-refractivity contribution in [3.8, 4) is 0 Å². The first-order chi connectivity index (χ1) is 8.97. The number of sulfonamides is 1. The lowest BCUT2D eigenvalue weighted by Gasteiger charge is -2.05. The van der Waals surface area contributed by atoms with Crippen molar-refractivity contribution in [2.75, 3.05) is 6.54 Å². The van der Waals surface area contributed by atoms with Crippen LogP contribution in [0.2, 0.25) is 4.34 Å². The summed E-state index contributed by atoms with van der Waals surface area (Å²) in [6.45, 7) is 0.274. The molecule has 0 fully saturated rings. The van der Waals surface area contributed by atoms with Gasteiger partial charge in [-0.05, 0) is 42.8 Å². The van der Waals surface area contributed by atoms with Gasteiger partial charge in [-0.25, -0.2) is 17.5 Å². The first-order valence-electron chi connectivity index (χ1n) is 5.47. The molecule has 2 aromatic rings. The number of thiophene rings is 1. The first-order valence-corrected chi connectivity index (χ1v) is 8.14. The maximum Gasteiger partial charge on any atom is 0.240 e. The number of hydrogen-bond acceptors (Lipinski definition) is 3. The molecule has 3 nitrogen and oxygen atoms in total. The van der Waals surface area contributed by atoms with Gasteiger partial charge in [-0.2, -0.15) is 0 Å². The second-order valence-corrected chi connectivity index (χ2v) is 7.37. The number of halogens is 2. The van der Waals surface area contributed by atoms with E-state index < -0.39 is 15.8 Å². The molecule has 0 spiro atoms. The standard InChI is InChI=1S/C12H11ClFNO2S2/c13-12-6-3-10(18-12)7-8-15-19(16,17)11-4-1-9(14)2-5-11/h1-6,15H,7-8H2. The Hall–Kier alpha value is -0.950. The summed E-state index contributed by atoms with van der Waals surface area (Å²) in [5.74, 6) is -0.466. The lowest BCUT2D eigenvalue weighted by Crippen LogP contribution is -2.25. The van der Waals surface area contributed by atoms with Gasteiger partial charge < -0.3 is 0 Å². The van der Waals surface area contributed by atoms with E-state index in [1.807, 2.05) is 6.07 Å². The van der Waals surface area contributed by atoms with Gasteiger partial charge in [0.1, 0.15) is 5.82 Å². The molecule has 0 bridgehead atoms. The van der Waals surface area contributed by atoms with E-state index in [1.165, 1.54) is 23.5 Å². The van der Waals surface area contributed by atoms with Crippen molar-refractivity contribution in [2.45, 2.75) is 11.3 Å². The molecule has 0 atom stereocenters. The van der Waals surface area contributed by atoms with Gasteiger partial charge in [0.25, 0.3) is 0 Å². The number of nitrogens with one attached hydrogen (secondary N) is 1. The fraction of sp³-hybridized carbons (Fsp3) is 0.167. The van der Waals surface area contributed by atoms with Gasteiger partial charge in [0.05, 0.1) is 9.23 Å². The highest BCUT2D eigenvalue weighted by molar-refractivity contribution is 7.89. The van der Waals surface area contributed by atoms with Crippen molar-refractivity contribution in [3.05, 3.63) is 51.4 Å². The second-order valence-electron chi connectivity index (χ2n) is 3.81. The highest BCUT2D eigenvalue weighted by atomic mass is 35.5. The van der Waals surface area contributed by atoms with Gasteiger partial charge in [0, 0.05) is 11.4 Å². The number of benzene rings is 1. The quantitative estimate of drug-likeness (QED) is 0.920. The maximum absolute atomic E-state index is 12.7. The molecule has 1 aromatic heterocycles. The molecule has 1 aromatic carbocycles. The Bertz CT molecular complexity index is 653. The van der Waals surface area contributed by atoms with Crippen LogP contribution in [0.4, 0.5) is 4.39 Å². The lowest BCUT2D eigenvalue weighted by atomic mass is 10.3. The number of rotatable bonds is 5. The second kappa shape index (κ2) is 6.00. The van der Waals surface area contributed by atoms with Gasteiger partial charge in [0.2, 0.25) is 10.0 Å². The Labute approximate surface area is 120 Å². The predicted octanol–water partition coefficient (Wildman–Crippen LogP) is 3.06. The lowest BCUT2D eigenvalue weighted by molar-refractivity contribution is 0.581. The molecule has 0 unspecified atom stereocenters. The topological polar surface area (TPSA) is 46.2 Å². The van der Waals surface area contributed by atoms with Crippen LogP contribution < -0.4 is 4.72 Å². The summed E-state index contributed by atoms with van der Waals surface area (Å²) in [4.78, 5) is 1.06. The Kier molecular flexibility index (Phi) is 4.57. The Morgan fingerprint density at radius 3 is 2.42 bits per heavy atom. The molecule has 0 saturated carbocycles. The molecule has 102 valence electrons. The minimum absolute atomic E-state index is 0.0538. The van der Waals surface area contributed by atoms with Crippen LogP contribution in [0.3, 0.4) is 0 Å². The predicted molar refractivity (Wildman–Crippen MR) is 74.6 cm³/mol. The van der Waals surface area contributed by atoms with Crippen molar-refractivity contribution >= 4 is 33.0 Å². The van der Waals surface area contributed by atoms with E-state index in [1.54, 1.807) is 6.07 Å². The molecule has 19 heavy (non-hydrogen) atoms. The van der Waals surface area contributed by atoms with Gasteiger partial charge in [-0.1, -0.05) is 11.6 Å². The van der Waals surface area contributed by atoms with Crippen molar-refractivity contribution in [3.63, 3.8) is 0 Å². The van der Waals surface area contributed by atoms with E-state index in [0.29, 0.717) is 10.8 Å². The van der Waals surface area contributed by atoms with E-state index in [-0.39, 0.29) is 11.4 Å². The van der Waals surface area contributed by atoms with Crippen LogP contribution in [0.1, 0.15) is 4.88 Å². The normalized spacial score (nSPS) is 11.7. The SMILES string of the molecule is O=S(=O)(NCCc1ccc(Cl)s1)c1ccc(F)cc1. The van der Waals surface area contributed by atoms with E-state index >= 15 is 0 Å².